The molecule has 2 aromatic rings. The molecule has 5 aliphatic carbocycles. The summed E-state index contributed by atoms with van der Waals surface area (Å²) in [6.07, 6.45) is 1.70. The summed E-state index contributed by atoms with van der Waals surface area (Å²) in [5, 5.41) is 67.3. The summed E-state index contributed by atoms with van der Waals surface area (Å²) in [6.45, 7) is 1.70. The molecule has 1 spiro atoms. The number of hydrogen-bond donors (Lipinski definition) is 6. The van der Waals surface area contributed by atoms with E-state index in [9.17, 15) is 45.0 Å². The zero-order valence-electron chi connectivity index (χ0n) is 22.2. The van der Waals surface area contributed by atoms with E-state index in [0.717, 1.165) is 19.3 Å². The van der Waals surface area contributed by atoms with Crippen molar-refractivity contribution >= 4 is 29.1 Å². The molecule has 0 radical (unpaired) electrons. The third-order valence-electron chi connectivity index (χ3n) is 9.00. The predicted molar refractivity (Wildman–Crippen MR) is 144 cm³/mol. The van der Waals surface area contributed by atoms with E-state index in [1.165, 1.54) is 18.2 Å². The molecule has 42 heavy (non-hydrogen) atoms. The summed E-state index contributed by atoms with van der Waals surface area (Å²) in [7, 11) is 1.01. The number of carbonyl (C=O) groups is 3. The molecule has 5 atom stereocenters. The Labute approximate surface area is 237 Å². The van der Waals surface area contributed by atoms with Crippen LogP contribution in [-0.4, -0.2) is 67.0 Å². The lowest BCUT2D eigenvalue weighted by Crippen LogP contribution is -2.60. The number of aromatic hydroxyl groups is 2. The Kier molecular flexibility index (Phi) is 5.03. The average molecular weight is 573 g/mol. The van der Waals surface area contributed by atoms with Crippen molar-refractivity contribution in [3.63, 3.8) is 0 Å². The summed E-state index contributed by atoms with van der Waals surface area (Å²) >= 11 is 0. The van der Waals surface area contributed by atoms with Crippen LogP contribution < -0.4 is 4.74 Å². The third kappa shape index (κ3) is 2.84. The number of aliphatic hydroxyl groups is 4. The molecule has 2 aromatic carbocycles. The number of fused-ring (bicyclic) bond motifs is 3. The summed E-state index contributed by atoms with van der Waals surface area (Å²) in [6, 6.07) is 4.27. The average Bonchev–Trinajstić information content (AvgIpc) is 3.16. The standard InChI is InChI=1S/C31H24O11/c1-11-7-14-20(16(33)8-11)25(37)23-24(36)13-5-6-30(23,28(14)39)10-12-9-17(34)21-26(38)22-15(32)3-4-18(35)31(22,29(40)41-2)42-27(21)19(12)13/h3-9,13,18,28,33-35,37-39H,10H2,1-2H3. The molecule has 8 rings (SSSR count). The van der Waals surface area contributed by atoms with Crippen molar-refractivity contribution in [3.8, 4) is 17.2 Å². The first-order valence-corrected chi connectivity index (χ1v) is 13.1. The fraction of sp³-hybridized carbons (Fsp3) is 0.258. The Bertz CT molecular complexity index is 1830. The molecule has 1 heterocycles. The molecule has 214 valence electrons. The molecule has 11 heteroatoms. The molecule has 0 saturated heterocycles. The molecule has 1 aliphatic heterocycles. The summed E-state index contributed by atoms with van der Waals surface area (Å²) < 4.78 is 11.0. The molecule has 6 aliphatic rings. The number of phenols is 2. The van der Waals surface area contributed by atoms with Gasteiger partial charge in [0.1, 0.15) is 40.4 Å². The normalized spacial score (nSPS) is 30.1. The number of aliphatic hydroxyl groups excluding tert-OH is 4. The van der Waals surface area contributed by atoms with Gasteiger partial charge in [0.2, 0.25) is 0 Å². The summed E-state index contributed by atoms with van der Waals surface area (Å²) in [5.41, 5.74) is -4.13. The maximum atomic E-state index is 14.2. The monoisotopic (exact) mass is 572 g/mol. The molecule has 0 saturated carbocycles. The number of allylic oxidation sites excluding steroid dienone is 2. The van der Waals surface area contributed by atoms with Gasteiger partial charge in [-0.05, 0) is 54.3 Å². The Hall–Kier alpha value is -4.87. The zero-order valence-corrected chi connectivity index (χ0v) is 22.2. The van der Waals surface area contributed by atoms with Gasteiger partial charge in [-0.1, -0.05) is 18.2 Å². The first-order valence-electron chi connectivity index (χ1n) is 13.1. The molecule has 11 nitrogen and oxygen atoms in total. The van der Waals surface area contributed by atoms with Crippen LogP contribution in [0.4, 0.5) is 0 Å². The topological polar surface area (TPSA) is 191 Å². The Morgan fingerprint density at radius 2 is 1.67 bits per heavy atom. The van der Waals surface area contributed by atoms with E-state index in [0.29, 0.717) is 5.56 Å². The highest BCUT2D eigenvalue weighted by molar-refractivity contribution is 6.18. The Balaban J connectivity index is 1.53. The van der Waals surface area contributed by atoms with Crippen LogP contribution in [0, 0.1) is 12.3 Å². The van der Waals surface area contributed by atoms with Gasteiger partial charge >= 0.3 is 5.97 Å². The number of aryl methyl sites for hydroxylation is 1. The first-order chi connectivity index (χ1) is 19.9. The number of esters is 1. The first kappa shape index (κ1) is 26.1. The van der Waals surface area contributed by atoms with E-state index >= 15 is 0 Å². The Morgan fingerprint density at radius 3 is 2.38 bits per heavy atom. The van der Waals surface area contributed by atoms with Crippen LogP contribution in [0.2, 0.25) is 0 Å². The van der Waals surface area contributed by atoms with Gasteiger partial charge in [0.25, 0.3) is 5.60 Å². The molecule has 5 unspecified atom stereocenters. The third-order valence-corrected chi connectivity index (χ3v) is 9.00. The van der Waals surface area contributed by atoms with Gasteiger partial charge in [-0.3, -0.25) is 9.59 Å². The van der Waals surface area contributed by atoms with Gasteiger partial charge in [-0.15, -0.1) is 0 Å². The highest BCUT2D eigenvalue weighted by Crippen LogP contribution is 2.62. The van der Waals surface area contributed by atoms with Gasteiger partial charge < -0.3 is 40.1 Å². The SMILES string of the molecule is COC(=O)C12Oc3c(c(O)cc4c3C3C=CC5(C4)C(=C(O)c4c(O)cc(C)cc4C5O)C3=O)C(O)=C1C(=O)C=CC2O. The molecule has 0 fully saturated rings. The maximum Gasteiger partial charge on any atom is 0.358 e. The fourth-order valence-corrected chi connectivity index (χ4v) is 7.21. The van der Waals surface area contributed by atoms with Crippen LogP contribution >= 0.6 is 0 Å². The number of carbonyl (C=O) groups excluding carboxylic acids is 3. The van der Waals surface area contributed by atoms with Crippen LogP contribution in [0.5, 0.6) is 17.2 Å². The second-order valence-electron chi connectivity index (χ2n) is 11.2. The lowest BCUT2D eigenvalue weighted by Gasteiger charge is -2.43. The number of methoxy groups -OCH3 is 1. The largest absolute Gasteiger partial charge is 0.507 e. The van der Waals surface area contributed by atoms with Crippen LogP contribution in [0.1, 0.15) is 45.4 Å². The minimum absolute atomic E-state index is 0.0706. The summed E-state index contributed by atoms with van der Waals surface area (Å²) in [4.78, 5) is 40.3. The van der Waals surface area contributed by atoms with Crippen molar-refractivity contribution in [2.24, 2.45) is 5.41 Å². The second kappa shape index (κ2) is 8.11. The maximum absolute atomic E-state index is 14.2. The number of ether oxygens (including phenoxy) is 2. The van der Waals surface area contributed by atoms with Crippen molar-refractivity contribution in [2.45, 2.75) is 37.1 Å². The van der Waals surface area contributed by atoms with Gasteiger partial charge in [-0.25, -0.2) is 4.79 Å². The van der Waals surface area contributed by atoms with Gasteiger partial charge in [0.05, 0.1) is 41.3 Å². The van der Waals surface area contributed by atoms with Crippen LogP contribution in [0.3, 0.4) is 0 Å². The molecule has 0 amide bonds. The number of hydrogen-bond acceptors (Lipinski definition) is 11. The van der Waals surface area contributed by atoms with Gasteiger partial charge in [0, 0.05) is 5.56 Å². The fourth-order valence-electron chi connectivity index (χ4n) is 7.21. The van der Waals surface area contributed by atoms with Crippen molar-refractivity contribution in [2.75, 3.05) is 7.11 Å². The van der Waals surface area contributed by atoms with Crippen molar-refractivity contribution in [1.82, 2.24) is 0 Å². The quantitative estimate of drug-likeness (QED) is 0.217. The highest BCUT2D eigenvalue weighted by atomic mass is 16.6. The zero-order chi connectivity index (χ0) is 30.0. The van der Waals surface area contributed by atoms with E-state index < -0.39 is 69.5 Å². The van der Waals surface area contributed by atoms with Crippen molar-refractivity contribution < 1.29 is 54.5 Å². The minimum Gasteiger partial charge on any atom is -0.507 e. The number of ketones is 2. The highest BCUT2D eigenvalue weighted by Gasteiger charge is 2.62. The molecular formula is C31H24O11. The number of Topliss-reactive ketones (excluding diaryl/α,β-unsaturated/α-hetero) is 1. The lowest BCUT2D eigenvalue weighted by atomic mass is 9.61. The molecule has 0 aromatic heterocycles. The summed E-state index contributed by atoms with van der Waals surface area (Å²) in [5.74, 6) is -6.49. The van der Waals surface area contributed by atoms with Crippen LogP contribution in [-0.2, 0) is 25.5 Å². The van der Waals surface area contributed by atoms with E-state index in [1.54, 1.807) is 19.1 Å². The number of rotatable bonds is 1. The number of benzene rings is 2. The predicted octanol–water partition coefficient (Wildman–Crippen LogP) is 2.26. The Morgan fingerprint density at radius 1 is 0.976 bits per heavy atom. The van der Waals surface area contributed by atoms with E-state index in [1.807, 2.05) is 0 Å². The van der Waals surface area contributed by atoms with Crippen LogP contribution in [0.15, 0.2) is 53.6 Å². The smallest absolute Gasteiger partial charge is 0.358 e. The van der Waals surface area contributed by atoms with Gasteiger partial charge in [-0.2, -0.15) is 0 Å². The second-order valence-corrected chi connectivity index (χ2v) is 11.2. The van der Waals surface area contributed by atoms with Crippen LogP contribution in [0.25, 0.3) is 11.5 Å². The van der Waals surface area contributed by atoms with Gasteiger partial charge in [0.15, 0.2) is 11.6 Å². The van der Waals surface area contributed by atoms with E-state index in [4.69, 9.17) is 9.47 Å². The van der Waals surface area contributed by atoms with E-state index in [-0.39, 0.29) is 51.3 Å². The minimum atomic E-state index is -2.55. The van der Waals surface area contributed by atoms with Crippen molar-refractivity contribution in [1.29, 1.82) is 0 Å². The van der Waals surface area contributed by atoms with Crippen molar-refractivity contribution in [3.05, 3.63) is 87.0 Å². The number of phenolic OH excluding ortho intramolecular Hbond substituents is 2. The molecular weight excluding hydrogens is 548 g/mol. The molecule has 6 N–H and O–H groups in total. The molecule has 2 bridgehead atoms. The lowest BCUT2D eigenvalue weighted by molar-refractivity contribution is -0.164. The van der Waals surface area contributed by atoms with E-state index in [2.05, 4.69) is 0 Å².